The first-order valence-electron chi connectivity index (χ1n) is 6.76. The van der Waals surface area contributed by atoms with Crippen molar-refractivity contribution in [1.29, 1.82) is 0 Å². The average Bonchev–Trinajstić information content (AvgIpc) is 2.53. The van der Waals surface area contributed by atoms with Gasteiger partial charge in [0, 0.05) is 11.4 Å². The van der Waals surface area contributed by atoms with Crippen LogP contribution in [0.1, 0.15) is 32.0 Å². The van der Waals surface area contributed by atoms with Gasteiger partial charge in [0.2, 0.25) is 0 Å². The molecule has 0 saturated carbocycles. The van der Waals surface area contributed by atoms with E-state index in [0.29, 0.717) is 6.07 Å². The minimum atomic E-state index is -4.66. The Balaban J connectivity index is 2.85. The maximum absolute atomic E-state index is 12.9. The summed E-state index contributed by atoms with van der Waals surface area (Å²) in [6.45, 7) is 1.29. The molecule has 0 bridgehead atoms. The number of nitrogens with zero attached hydrogens (tertiary/aromatic N) is 1. The van der Waals surface area contributed by atoms with Crippen molar-refractivity contribution in [1.82, 2.24) is 9.99 Å². The third-order valence-corrected chi connectivity index (χ3v) is 3.49. The lowest BCUT2D eigenvalue weighted by Crippen LogP contribution is -2.35. The molecule has 25 heavy (non-hydrogen) atoms. The van der Waals surface area contributed by atoms with Crippen LogP contribution >= 0.6 is 0 Å². The first-order valence-corrected chi connectivity index (χ1v) is 6.76. The Labute approximate surface area is 138 Å². The molecule has 10 heteroatoms. The van der Waals surface area contributed by atoms with Gasteiger partial charge < -0.3 is 5.11 Å². The summed E-state index contributed by atoms with van der Waals surface area (Å²) in [5.74, 6) is 2.51. The Morgan fingerprint density at radius 2 is 1.84 bits per heavy atom. The van der Waals surface area contributed by atoms with Gasteiger partial charge in [0.15, 0.2) is 0 Å². The smallest absolute Gasteiger partial charge is 0.416 e. The van der Waals surface area contributed by atoms with Crippen molar-refractivity contribution in [3.05, 3.63) is 63.1 Å². The van der Waals surface area contributed by atoms with Crippen molar-refractivity contribution in [3.8, 4) is 5.69 Å². The number of aromatic nitrogens is 1. The van der Waals surface area contributed by atoms with E-state index in [1.54, 1.807) is 5.43 Å². The summed E-state index contributed by atoms with van der Waals surface area (Å²) >= 11 is 0. The molecule has 0 atom stereocenters. The van der Waals surface area contributed by atoms with E-state index in [1.807, 2.05) is 0 Å². The number of pyridine rings is 1. The highest BCUT2D eigenvalue weighted by atomic mass is 19.4. The van der Waals surface area contributed by atoms with Gasteiger partial charge >= 0.3 is 12.1 Å². The number of rotatable bonds is 3. The van der Waals surface area contributed by atoms with E-state index in [-0.39, 0.29) is 16.9 Å². The lowest BCUT2D eigenvalue weighted by atomic mass is 10.1. The quantitative estimate of drug-likeness (QED) is 0.438. The zero-order valence-corrected chi connectivity index (χ0v) is 12.7. The summed E-state index contributed by atoms with van der Waals surface area (Å²) in [6, 6.07) is 4.58. The van der Waals surface area contributed by atoms with Gasteiger partial charge in [-0.15, -0.1) is 0 Å². The van der Waals surface area contributed by atoms with Gasteiger partial charge in [-0.05, 0) is 31.2 Å². The van der Waals surface area contributed by atoms with E-state index < -0.39 is 34.7 Å². The van der Waals surface area contributed by atoms with Crippen LogP contribution in [0.4, 0.5) is 13.2 Å². The fourth-order valence-electron chi connectivity index (χ4n) is 2.30. The number of hydrogen-bond donors (Lipinski definition) is 3. The van der Waals surface area contributed by atoms with Crippen molar-refractivity contribution in [2.24, 2.45) is 5.84 Å². The summed E-state index contributed by atoms with van der Waals surface area (Å²) in [7, 11) is 0. The van der Waals surface area contributed by atoms with Gasteiger partial charge in [-0.3, -0.25) is 19.6 Å². The highest BCUT2D eigenvalue weighted by molar-refractivity contribution is 5.98. The number of benzene rings is 1. The van der Waals surface area contributed by atoms with Crippen LogP contribution in [0.5, 0.6) is 0 Å². The topological polar surface area (TPSA) is 114 Å². The Kier molecular flexibility index (Phi) is 4.66. The standard InChI is InChI=1S/C15H12F3N3O4/c1-7-10(12(22)20-19)6-11(14(24)25)13(23)21(7)9-4-2-3-8(5-9)15(16,17)18/h2-6H,19H2,1H3,(H,20,22)(H,24,25). The van der Waals surface area contributed by atoms with Crippen molar-refractivity contribution < 1.29 is 27.9 Å². The number of amides is 1. The monoisotopic (exact) mass is 355 g/mol. The highest BCUT2D eigenvalue weighted by Crippen LogP contribution is 2.30. The molecule has 7 nitrogen and oxygen atoms in total. The first-order chi connectivity index (χ1) is 11.6. The van der Waals surface area contributed by atoms with Crippen LogP contribution in [-0.4, -0.2) is 21.6 Å². The van der Waals surface area contributed by atoms with Crippen molar-refractivity contribution in [2.75, 3.05) is 0 Å². The molecule has 0 spiro atoms. The minimum absolute atomic E-state index is 0.0581. The Bertz CT molecular complexity index is 919. The lowest BCUT2D eigenvalue weighted by Gasteiger charge is -2.16. The van der Waals surface area contributed by atoms with Gasteiger partial charge in [-0.1, -0.05) is 6.07 Å². The largest absolute Gasteiger partial charge is 0.477 e. The average molecular weight is 355 g/mol. The summed E-state index contributed by atoms with van der Waals surface area (Å²) in [6.07, 6.45) is -4.66. The van der Waals surface area contributed by atoms with E-state index in [4.69, 9.17) is 10.9 Å². The molecular formula is C15H12F3N3O4. The number of nitrogens with one attached hydrogen (secondary N) is 1. The first kappa shape index (κ1) is 18.2. The number of nitrogens with two attached hydrogens (primary N) is 1. The number of hydrogen-bond acceptors (Lipinski definition) is 4. The minimum Gasteiger partial charge on any atom is -0.477 e. The Morgan fingerprint density at radius 1 is 1.20 bits per heavy atom. The van der Waals surface area contributed by atoms with Crippen molar-refractivity contribution in [3.63, 3.8) is 0 Å². The van der Waals surface area contributed by atoms with Crippen molar-refractivity contribution in [2.45, 2.75) is 13.1 Å². The van der Waals surface area contributed by atoms with Crippen LogP contribution in [0.25, 0.3) is 5.69 Å². The van der Waals surface area contributed by atoms with E-state index in [1.165, 1.54) is 13.0 Å². The van der Waals surface area contributed by atoms with Gasteiger partial charge in [0.25, 0.3) is 11.5 Å². The predicted octanol–water partition coefficient (Wildman–Crippen LogP) is 1.47. The van der Waals surface area contributed by atoms with Crippen LogP contribution in [0.2, 0.25) is 0 Å². The number of nitrogen functional groups attached to an aromatic ring is 1. The molecule has 132 valence electrons. The molecule has 0 radical (unpaired) electrons. The van der Waals surface area contributed by atoms with Crippen molar-refractivity contribution >= 4 is 11.9 Å². The maximum Gasteiger partial charge on any atom is 0.416 e. The third-order valence-electron chi connectivity index (χ3n) is 3.49. The van der Waals surface area contributed by atoms with Gasteiger partial charge in [0.1, 0.15) is 5.56 Å². The second kappa shape index (κ2) is 6.40. The maximum atomic E-state index is 12.9. The number of aromatic carboxylic acids is 1. The Morgan fingerprint density at radius 3 is 2.36 bits per heavy atom. The molecule has 1 aromatic heterocycles. The van der Waals surface area contributed by atoms with Crippen LogP contribution in [0.15, 0.2) is 35.1 Å². The summed E-state index contributed by atoms with van der Waals surface area (Å²) in [4.78, 5) is 35.4. The molecule has 2 rings (SSSR count). The lowest BCUT2D eigenvalue weighted by molar-refractivity contribution is -0.137. The van der Waals surface area contributed by atoms with Crippen LogP contribution in [-0.2, 0) is 6.18 Å². The molecule has 0 saturated heterocycles. The van der Waals surface area contributed by atoms with Crippen LogP contribution in [0, 0.1) is 6.92 Å². The molecule has 0 aliphatic heterocycles. The van der Waals surface area contributed by atoms with Gasteiger partial charge in [-0.2, -0.15) is 13.2 Å². The Hall–Kier alpha value is -3.14. The third kappa shape index (κ3) is 3.38. The number of carboxylic acid groups (broad SMARTS) is 1. The molecule has 1 aromatic carbocycles. The predicted molar refractivity (Wildman–Crippen MR) is 80.4 cm³/mol. The zero-order chi connectivity index (χ0) is 18.9. The molecule has 0 aliphatic carbocycles. The molecule has 0 fully saturated rings. The fraction of sp³-hybridized carbons (Fsp3) is 0.133. The second-order valence-electron chi connectivity index (χ2n) is 5.02. The summed E-state index contributed by atoms with van der Waals surface area (Å²) in [5, 5.41) is 9.13. The van der Waals surface area contributed by atoms with Gasteiger partial charge in [-0.25, -0.2) is 10.6 Å². The number of alkyl halides is 3. The molecule has 0 aliphatic rings. The van der Waals surface area contributed by atoms with Crippen LogP contribution in [0.3, 0.4) is 0 Å². The molecule has 4 N–H and O–H groups in total. The normalized spacial score (nSPS) is 11.2. The second-order valence-corrected chi connectivity index (χ2v) is 5.02. The number of halogens is 3. The number of carbonyl (C=O) groups is 2. The van der Waals surface area contributed by atoms with E-state index in [9.17, 15) is 27.6 Å². The number of carbonyl (C=O) groups excluding carboxylic acids is 1. The molecule has 1 heterocycles. The summed E-state index contributed by atoms with van der Waals surface area (Å²) in [5.41, 5.74) is -1.62. The van der Waals surface area contributed by atoms with Gasteiger partial charge in [0.05, 0.1) is 11.1 Å². The fourth-order valence-corrected chi connectivity index (χ4v) is 2.30. The molecule has 1 amide bonds. The van der Waals surface area contributed by atoms with Crippen LogP contribution < -0.4 is 16.8 Å². The highest BCUT2D eigenvalue weighted by Gasteiger charge is 2.31. The van der Waals surface area contributed by atoms with E-state index in [0.717, 1.165) is 22.8 Å². The number of carboxylic acids is 1. The molecular weight excluding hydrogens is 343 g/mol. The van der Waals surface area contributed by atoms with E-state index >= 15 is 0 Å². The molecule has 0 unspecified atom stereocenters. The zero-order valence-electron chi connectivity index (χ0n) is 12.7. The molecule has 2 aromatic rings. The SMILES string of the molecule is Cc1c(C(=O)NN)cc(C(=O)O)c(=O)n1-c1cccc(C(F)(F)F)c1. The number of hydrazine groups is 1. The summed E-state index contributed by atoms with van der Waals surface area (Å²) < 4.78 is 39.4. The van der Waals surface area contributed by atoms with E-state index in [2.05, 4.69) is 0 Å².